The van der Waals surface area contributed by atoms with E-state index >= 15 is 0 Å². The molecule has 10 atom stereocenters. The van der Waals surface area contributed by atoms with Crippen molar-refractivity contribution in [3.8, 4) is 0 Å². The molecule has 4 heteroatoms. The molecule has 1 aromatic rings. The molecule has 1 N–H and O–H groups in total. The summed E-state index contributed by atoms with van der Waals surface area (Å²) in [4.78, 5) is 12.1. The van der Waals surface area contributed by atoms with Crippen molar-refractivity contribution in [1.82, 2.24) is 0 Å². The number of benzene rings is 1. The van der Waals surface area contributed by atoms with Crippen LogP contribution in [0.15, 0.2) is 42.0 Å². The van der Waals surface area contributed by atoms with E-state index in [9.17, 15) is 9.90 Å². The van der Waals surface area contributed by atoms with Gasteiger partial charge in [0.2, 0.25) is 0 Å². The molecule has 240 valence electrons. The van der Waals surface area contributed by atoms with E-state index in [4.69, 9.17) is 9.47 Å². The van der Waals surface area contributed by atoms with Gasteiger partial charge < -0.3 is 14.6 Å². The van der Waals surface area contributed by atoms with Gasteiger partial charge in [-0.05, 0) is 124 Å². The Morgan fingerprint density at radius 3 is 2.28 bits per heavy atom. The van der Waals surface area contributed by atoms with Gasteiger partial charge in [0.25, 0.3) is 0 Å². The van der Waals surface area contributed by atoms with E-state index in [1.807, 2.05) is 0 Å². The first-order valence-electron chi connectivity index (χ1n) is 17.2. The van der Waals surface area contributed by atoms with Gasteiger partial charge in [0, 0.05) is 12.3 Å². The summed E-state index contributed by atoms with van der Waals surface area (Å²) in [6, 6.07) is 10.6. The second-order valence-electron chi connectivity index (χ2n) is 16.9. The number of hydrogen-bond acceptors (Lipinski definition) is 4. The molecule has 43 heavy (non-hydrogen) atoms. The van der Waals surface area contributed by atoms with Crippen molar-refractivity contribution in [2.45, 2.75) is 145 Å². The summed E-state index contributed by atoms with van der Waals surface area (Å²) in [5.41, 5.74) is 2.16. The standard InChI is InChI=1S/C39H60O4/c1-26(2)14-13-20-39(9,41)29-17-22-38(8)34(29)30(42-25-28-15-11-10-12-16-28)24-32-36(6)21-19-33(43-27(3)40)35(4,5)31(36)18-23-37(32,38)7/h10-12,14-16,29-34,41H,13,17-25H2,1-9H3/t29?,30-,31?,32?,33+,34?,36+,37-,38-,39+/m1/s1. The monoisotopic (exact) mass is 592 g/mol. The summed E-state index contributed by atoms with van der Waals surface area (Å²) in [5.74, 6) is 1.41. The fourth-order valence-electron chi connectivity index (χ4n) is 11.6. The van der Waals surface area contributed by atoms with Gasteiger partial charge in [-0.15, -0.1) is 0 Å². The molecule has 4 nitrogen and oxygen atoms in total. The van der Waals surface area contributed by atoms with Gasteiger partial charge in [-0.1, -0.05) is 76.6 Å². The first-order valence-corrected chi connectivity index (χ1v) is 17.2. The van der Waals surface area contributed by atoms with E-state index < -0.39 is 5.60 Å². The van der Waals surface area contributed by atoms with E-state index in [2.05, 4.69) is 91.8 Å². The Bertz CT molecular complexity index is 1180. The Labute approximate surface area is 262 Å². The van der Waals surface area contributed by atoms with Crippen LogP contribution in [0.5, 0.6) is 0 Å². The van der Waals surface area contributed by atoms with Gasteiger partial charge in [-0.2, -0.15) is 0 Å². The summed E-state index contributed by atoms with van der Waals surface area (Å²) in [6.07, 6.45) is 11.7. The fraction of sp³-hybridized carbons (Fsp3) is 0.769. The first kappa shape index (κ1) is 32.7. The van der Waals surface area contributed by atoms with Gasteiger partial charge in [0.15, 0.2) is 0 Å². The highest BCUT2D eigenvalue weighted by Gasteiger charge is 2.71. The van der Waals surface area contributed by atoms with Crippen LogP contribution in [0.2, 0.25) is 0 Å². The minimum absolute atomic E-state index is 0.0174. The van der Waals surface area contributed by atoms with Crippen LogP contribution in [0.1, 0.15) is 126 Å². The molecule has 4 unspecified atom stereocenters. The molecule has 0 spiro atoms. The summed E-state index contributed by atoms with van der Waals surface area (Å²) in [6.45, 7) is 21.1. The zero-order chi connectivity index (χ0) is 31.4. The molecule has 0 saturated heterocycles. The summed E-state index contributed by atoms with van der Waals surface area (Å²) < 4.78 is 13.0. The molecule has 0 aliphatic heterocycles. The number of ether oxygens (including phenoxy) is 2. The van der Waals surface area contributed by atoms with E-state index in [1.165, 1.54) is 24.0 Å². The normalized spacial score (nSPS) is 41.3. The van der Waals surface area contributed by atoms with Crippen molar-refractivity contribution in [3.63, 3.8) is 0 Å². The average Bonchev–Trinajstić information content (AvgIpc) is 3.30. The van der Waals surface area contributed by atoms with Crippen molar-refractivity contribution in [2.75, 3.05) is 0 Å². The predicted octanol–water partition coefficient (Wildman–Crippen LogP) is 9.30. The molecule has 0 aromatic heterocycles. The highest BCUT2D eigenvalue weighted by Crippen LogP contribution is 2.76. The first-order chi connectivity index (χ1) is 20.1. The largest absolute Gasteiger partial charge is 0.462 e. The molecule has 5 rings (SSSR count). The van der Waals surface area contributed by atoms with Gasteiger partial charge in [-0.25, -0.2) is 0 Å². The number of hydrogen-bond donors (Lipinski definition) is 1. The third kappa shape index (κ3) is 5.56. The minimum atomic E-state index is -0.725. The maximum Gasteiger partial charge on any atom is 0.302 e. The maximum absolute atomic E-state index is 12.1. The molecule has 1 aromatic carbocycles. The third-order valence-corrected chi connectivity index (χ3v) is 13.9. The van der Waals surface area contributed by atoms with E-state index in [1.54, 1.807) is 6.92 Å². The second kappa shape index (κ2) is 11.6. The Morgan fingerprint density at radius 1 is 0.953 bits per heavy atom. The smallest absolute Gasteiger partial charge is 0.302 e. The van der Waals surface area contributed by atoms with Crippen molar-refractivity contribution >= 4 is 5.97 Å². The lowest BCUT2D eigenvalue weighted by Crippen LogP contribution is -2.67. The zero-order valence-electron chi connectivity index (χ0n) is 28.7. The second-order valence-corrected chi connectivity index (χ2v) is 16.9. The van der Waals surface area contributed by atoms with Crippen LogP contribution in [0.25, 0.3) is 0 Å². The van der Waals surface area contributed by atoms with Crippen LogP contribution < -0.4 is 0 Å². The minimum Gasteiger partial charge on any atom is -0.462 e. The van der Waals surface area contributed by atoms with Gasteiger partial charge in [-0.3, -0.25) is 4.79 Å². The van der Waals surface area contributed by atoms with Crippen LogP contribution in [0.3, 0.4) is 0 Å². The maximum atomic E-state index is 12.1. The summed E-state index contributed by atoms with van der Waals surface area (Å²) >= 11 is 0. The molecule has 4 saturated carbocycles. The number of carbonyl (C=O) groups is 1. The van der Waals surface area contributed by atoms with Crippen molar-refractivity contribution < 1.29 is 19.4 Å². The van der Waals surface area contributed by atoms with Crippen LogP contribution in [-0.2, 0) is 20.9 Å². The lowest BCUT2D eigenvalue weighted by molar-refractivity contribution is -0.256. The summed E-state index contributed by atoms with van der Waals surface area (Å²) in [7, 11) is 0. The Hall–Kier alpha value is -1.65. The van der Waals surface area contributed by atoms with Crippen LogP contribution in [0.4, 0.5) is 0 Å². The van der Waals surface area contributed by atoms with E-state index in [-0.39, 0.29) is 45.8 Å². The Kier molecular flexibility index (Phi) is 8.84. The number of rotatable bonds is 8. The third-order valence-electron chi connectivity index (χ3n) is 13.9. The average molecular weight is 593 g/mol. The number of fused-ring (bicyclic) bond motifs is 5. The lowest BCUT2D eigenvalue weighted by Gasteiger charge is -2.71. The molecule has 0 amide bonds. The van der Waals surface area contributed by atoms with Crippen LogP contribution >= 0.6 is 0 Å². The Balaban J connectivity index is 1.51. The molecule has 4 aliphatic rings. The van der Waals surface area contributed by atoms with E-state index in [0.29, 0.717) is 24.4 Å². The topological polar surface area (TPSA) is 55.8 Å². The predicted molar refractivity (Wildman–Crippen MR) is 174 cm³/mol. The quantitative estimate of drug-likeness (QED) is 0.241. The highest BCUT2D eigenvalue weighted by atomic mass is 16.5. The molecule has 0 bridgehead atoms. The Morgan fingerprint density at radius 2 is 1.63 bits per heavy atom. The number of aliphatic hydroxyl groups is 1. The fourth-order valence-corrected chi connectivity index (χ4v) is 11.6. The van der Waals surface area contributed by atoms with Crippen molar-refractivity contribution in [2.24, 2.45) is 45.3 Å². The SMILES string of the molecule is CC(=O)O[C@H]1CC[C@@]2(C)C(CC[C@]3(C)C2C[C@@H](OCc2ccccc2)C2C([C@@](C)(O)CCC=C(C)C)CC[C@]23C)C1(C)C. The lowest BCUT2D eigenvalue weighted by atomic mass is 9.35. The molecular weight excluding hydrogens is 532 g/mol. The van der Waals surface area contributed by atoms with Crippen molar-refractivity contribution in [1.29, 1.82) is 0 Å². The van der Waals surface area contributed by atoms with Crippen molar-refractivity contribution in [3.05, 3.63) is 47.5 Å². The van der Waals surface area contributed by atoms with Gasteiger partial charge in [0.05, 0.1) is 18.3 Å². The number of esters is 1. The molecular formula is C39H60O4. The number of carbonyl (C=O) groups excluding carboxylic acids is 1. The van der Waals surface area contributed by atoms with Crippen LogP contribution in [-0.4, -0.2) is 28.9 Å². The molecule has 4 fully saturated rings. The zero-order valence-corrected chi connectivity index (χ0v) is 28.7. The molecule has 0 radical (unpaired) electrons. The highest BCUT2D eigenvalue weighted by molar-refractivity contribution is 5.66. The van der Waals surface area contributed by atoms with Gasteiger partial charge >= 0.3 is 5.97 Å². The molecule has 0 heterocycles. The van der Waals surface area contributed by atoms with Crippen LogP contribution in [0, 0.1) is 45.3 Å². The number of allylic oxidation sites excluding steroid dienone is 2. The summed E-state index contributed by atoms with van der Waals surface area (Å²) in [5, 5.41) is 12.1. The van der Waals surface area contributed by atoms with Gasteiger partial charge in [0.1, 0.15) is 6.10 Å². The van der Waals surface area contributed by atoms with E-state index in [0.717, 1.165) is 44.9 Å². The molecule has 4 aliphatic carbocycles.